The van der Waals surface area contributed by atoms with E-state index in [1.165, 1.54) is 24.1 Å². The van der Waals surface area contributed by atoms with Crippen molar-refractivity contribution in [3.05, 3.63) is 58.9 Å². The van der Waals surface area contributed by atoms with Gasteiger partial charge in [-0.15, -0.1) is 0 Å². The molecule has 2 aliphatic heterocycles. The minimum absolute atomic E-state index is 0.0743. The van der Waals surface area contributed by atoms with Crippen LogP contribution in [0.5, 0.6) is 0 Å². The summed E-state index contributed by atoms with van der Waals surface area (Å²) in [5, 5.41) is 3.88. The third-order valence-corrected chi connectivity index (χ3v) is 5.92. The van der Waals surface area contributed by atoms with E-state index in [4.69, 9.17) is 19.0 Å². The number of nitrogens with zero attached hydrogens (tertiary/aromatic N) is 3. The highest BCUT2D eigenvalue weighted by atomic mass is 19.1. The smallest absolute Gasteiger partial charge is 0.299 e. The first-order chi connectivity index (χ1) is 17.9. The van der Waals surface area contributed by atoms with Crippen LogP contribution in [-0.4, -0.2) is 83.1 Å². The second kappa shape index (κ2) is 12.0. The topological polar surface area (TPSA) is 107 Å². The van der Waals surface area contributed by atoms with Gasteiger partial charge in [-0.2, -0.15) is 0 Å². The highest BCUT2D eigenvalue weighted by Gasteiger charge is 2.36. The molecule has 2 aromatic rings. The Morgan fingerprint density at radius 3 is 1.97 bits per heavy atom. The van der Waals surface area contributed by atoms with Crippen molar-refractivity contribution in [2.45, 2.75) is 6.92 Å². The Kier molecular flexibility index (Phi) is 8.59. The molecule has 0 bridgehead atoms. The lowest BCUT2D eigenvalue weighted by atomic mass is 10.1. The number of hydrogen-bond acceptors (Lipinski definition) is 8. The third kappa shape index (κ3) is 5.85. The molecular formula is C26H28FN3O7. The Hall–Kier alpha value is -3.67. The fourth-order valence-electron chi connectivity index (χ4n) is 4.18. The van der Waals surface area contributed by atoms with E-state index < -0.39 is 17.5 Å². The Balaban J connectivity index is 1.09. The van der Waals surface area contributed by atoms with Crippen molar-refractivity contribution in [1.29, 1.82) is 0 Å². The van der Waals surface area contributed by atoms with Gasteiger partial charge in [0, 0.05) is 18.7 Å². The number of carbonyl (C=O) groups is 3. The number of hydrogen-bond donors (Lipinski definition) is 0. The number of carbonyl (C=O) groups excluding carboxylic acids is 3. The zero-order chi connectivity index (χ0) is 26.4. The predicted molar refractivity (Wildman–Crippen MR) is 133 cm³/mol. The summed E-state index contributed by atoms with van der Waals surface area (Å²) >= 11 is 0. The molecule has 0 N–H and O–H groups in total. The Morgan fingerprint density at radius 2 is 1.32 bits per heavy atom. The van der Waals surface area contributed by atoms with E-state index >= 15 is 0 Å². The number of aryl methyl sites for hydroxylation is 1. The van der Waals surface area contributed by atoms with Crippen LogP contribution in [0.4, 0.5) is 15.8 Å². The molecule has 0 aromatic heterocycles. The molecule has 2 amide bonds. The third-order valence-electron chi connectivity index (χ3n) is 5.92. The molecule has 37 heavy (non-hydrogen) atoms. The lowest BCUT2D eigenvalue weighted by Gasteiger charge is -2.17. The molecule has 2 aliphatic rings. The van der Waals surface area contributed by atoms with E-state index in [2.05, 4.69) is 5.16 Å². The molecule has 2 heterocycles. The van der Waals surface area contributed by atoms with Gasteiger partial charge in [0.25, 0.3) is 17.6 Å². The molecule has 0 radical (unpaired) electrons. The van der Waals surface area contributed by atoms with Crippen molar-refractivity contribution >= 4 is 34.7 Å². The second-order valence-electron chi connectivity index (χ2n) is 8.38. The summed E-state index contributed by atoms with van der Waals surface area (Å²) < 4.78 is 29.9. The number of halogens is 1. The molecule has 0 fully saturated rings. The van der Waals surface area contributed by atoms with Gasteiger partial charge in [0.1, 0.15) is 12.9 Å². The first-order valence-electron chi connectivity index (χ1n) is 11.9. The SMILES string of the molecule is CO/N=C1/C(=O)N(CCOCCOCCOCCN2C(=O)C(=O)c3cc(F)ccc32)c2ccc(C)cc21. The van der Waals surface area contributed by atoms with Gasteiger partial charge in [-0.25, -0.2) is 4.39 Å². The quantitative estimate of drug-likeness (QED) is 0.229. The number of ether oxygens (including phenoxy) is 3. The summed E-state index contributed by atoms with van der Waals surface area (Å²) in [5.41, 5.74) is 3.29. The maximum atomic E-state index is 13.4. The molecule has 11 heteroatoms. The Morgan fingerprint density at radius 1 is 0.757 bits per heavy atom. The monoisotopic (exact) mass is 513 g/mol. The van der Waals surface area contributed by atoms with E-state index in [9.17, 15) is 18.8 Å². The van der Waals surface area contributed by atoms with Gasteiger partial charge in [0.05, 0.1) is 56.6 Å². The lowest BCUT2D eigenvalue weighted by molar-refractivity contribution is -0.114. The van der Waals surface area contributed by atoms with E-state index in [-0.39, 0.29) is 30.3 Å². The number of anilines is 2. The zero-order valence-electron chi connectivity index (χ0n) is 20.7. The van der Waals surface area contributed by atoms with Crippen molar-refractivity contribution in [2.24, 2.45) is 5.16 Å². The van der Waals surface area contributed by atoms with Crippen LogP contribution >= 0.6 is 0 Å². The maximum Gasteiger partial charge on any atom is 0.299 e. The molecule has 10 nitrogen and oxygen atoms in total. The average Bonchev–Trinajstić information content (AvgIpc) is 3.27. The van der Waals surface area contributed by atoms with Gasteiger partial charge in [-0.3, -0.25) is 14.4 Å². The number of benzene rings is 2. The van der Waals surface area contributed by atoms with Crippen molar-refractivity contribution in [2.75, 3.05) is 69.6 Å². The van der Waals surface area contributed by atoms with Gasteiger partial charge < -0.3 is 28.8 Å². The molecule has 2 aromatic carbocycles. The van der Waals surface area contributed by atoms with Crippen LogP contribution in [0.2, 0.25) is 0 Å². The van der Waals surface area contributed by atoms with Gasteiger partial charge in [0.2, 0.25) is 0 Å². The van der Waals surface area contributed by atoms with E-state index in [0.29, 0.717) is 45.3 Å². The average molecular weight is 514 g/mol. The van der Waals surface area contributed by atoms with E-state index in [0.717, 1.165) is 22.9 Å². The van der Waals surface area contributed by atoms with Crippen LogP contribution in [0, 0.1) is 12.7 Å². The molecule has 4 rings (SSSR count). The first-order valence-corrected chi connectivity index (χ1v) is 11.9. The van der Waals surface area contributed by atoms with Crippen molar-refractivity contribution in [3.63, 3.8) is 0 Å². The Labute approximate surface area is 213 Å². The minimum atomic E-state index is -0.713. The zero-order valence-corrected chi connectivity index (χ0v) is 20.7. The van der Waals surface area contributed by atoms with Crippen molar-refractivity contribution < 1.29 is 37.8 Å². The van der Waals surface area contributed by atoms with Gasteiger partial charge in [-0.1, -0.05) is 16.8 Å². The number of ketones is 1. The van der Waals surface area contributed by atoms with Crippen LogP contribution < -0.4 is 9.80 Å². The maximum absolute atomic E-state index is 13.4. The van der Waals surface area contributed by atoms with Crippen molar-refractivity contribution in [3.8, 4) is 0 Å². The number of rotatable bonds is 13. The number of Topliss-reactive ketones (excluding diaryl/α,β-unsaturated/α-hetero) is 1. The standard InChI is InChI=1S/C26H28FN3O7/c1-17-3-5-21-19(15-17)23(28-34-2)25(32)29(21)7-9-35-11-13-37-14-12-36-10-8-30-22-6-4-18(27)16-20(22)24(31)26(30)33/h3-6,15-16H,7-14H2,1-2H3/b28-23+. The van der Waals surface area contributed by atoms with Gasteiger partial charge in [-0.05, 0) is 37.3 Å². The summed E-state index contributed by atoms with van der Waals surface area (Å²) in [6.07, 6.45) is 0. The molecule has 0 saturated carbocycles. The highest BCUT2D eigenvalue weighted by Crippen LogP contribution is 2.30. The largest absolute Gasteiger partial charge is 0.398 e. The fourth-order valence-corrected chi connectivity index (χ4v) is 4.18. The minimum Gasteiger partial charge on any atom is -0.398 e. The van der Waals surface area contributed by atoms with Crippen LogP contribution in [0.15, 0.2) is 41.6 Å². The summed E-state index contributed by atoms with van der Waals surface area (Å²) in [6, 6.07) is 9.44. The normalized spacial score (nSPS) is 15.6. The molecule has 0 unspecified atom stereocenters. The molecule has 0 atom stereocenters. The highest BCUT2D eigenvalue weighted by molar-refractivity contribution is 6.54. The molecule has 0 spiro atoms. The first kappa shape index (κ1) is 26.4. The van der Waals surface area contributed by atoms with Gasteiger partial charge in [0.15, 0.2) is 5.71 Å². The van der Waals surface area contributed by atoms with Crippen LogP contribution in [-0.2, 0) is 28.6 Å². The summed E-state index contributed by atoms with van der Waals surface area (Å²) in [4.78, 5) is 44.6. The van der Waals surface area contributed by atoms with Crippen LogP contribution in [0.3, 0.4) is 0 Å². The van der Waals surface area contributed by atoms with Crippen LogP contribution in [0.1, 0.15) is 21.5 Å². The Bertz CT molecular complexity index is 1220. The molecular weight excluding hydrogens is 485 g/mol. The van der Waals surface area contributed by atoms with Crippen molar-refractivity contribution in [1.82, 2.24) is 0 Å². The number of amides is 2. The summed E-state index contributed by atoms with van der Waals surface area (Å²) in [7, 11) is 1.41. The molecule has 0 aliphatic carbocycles. The van der Waals surface area contributed by atoms with E-state index in [1.54, 1.807) is 4.90 Å². The number of oxime groups is 1. The predicted octanol–water partition coefficient (Wildman–Crippen LogP) is 2.11. The summed E-state index contributed by atoms with van der Waals surface area (Å²) in [6.45, 7) is 4.35. The second-order valence-corrected chi connectivity index (χ2v) is 8.38. The summed E-state index contributed by atoms with van der Waals surface area (Å²) in [5.74, 6) is -2.19. The fraction of sp³-hybridized carbons (Fsp3) is 0.385. The van der Waals surface area contributed by atoms with E-state index in [1.807, 2.05) is 25.1 Å². The van der Waals surface area contributed by atoms with Gasteiger partial charge >= 0.3 is 0 Å². The lowest BCUT2D eigenvalue weighted by Crippen LogP contribution is -2.33. The molecule has 196 valence electrons. The van der Waals surface area contributed by atoms with Crippen LogP contribution in [0.25, 0.3) is 0 Å². The molecule has 0 saturated heterocycles. The number of fused-ring (bicyclic) bond motifs is 2.